The number of hydrogen-bond donors (Lipinski definition) is 2. The maximum absolute atomic E-state index is 13.3. The molecule has 2 aliphatic carbocycles. The predicted octanol–water partition coefficient (Wildman–Crippen LogP) is 0.716. The number of aliphatic hydroxyl groups excluding tert-OH is 1. The molecule has 0 amide bonds. The van der Waals surface area contributed by atoms with Crippen LogP contribution in [0.4, 0.5) is 0 Å². The van der Waals surface area contributed by atoms with Gasteiger partial charge in [0.15, 0.2) is 6.10 Å². The van der Waals surface area contributed by atoms with Gasteiger partial charge in [-0.25, -0.2) is 4.79 Å². The van der Waals surface area contributed by atoms with E-state index in [9.17, 15) is 19.8 Å². The van der Waals surface area contributed by atoms with Crippen LogP contribution >= 0.6 is 0 Å². The molecule has 0 radical (unpaired) electrons. The first-order valence-corrected chi connectivity index (χ1v) is 9.83. The van der Waals surface area contributed by atoms with Gasteiger partial charge in [-0.05, 0) is 36.8 Å². The molecular weight excluding hydrogens is 368 g/mol. The third-order valence-electron chi connectivity index (χ3n) is 8.23. The third-order valence-corrected chi connectivity index (χ3v) is 8.23. The van der Waals surface area contributed by atoms with Crippen LogP contribution in [-0.4, -0.2) is 52.7 Å². The van der Waals surface area contributed by atoms with Crippen molar-refractivity contribution in [1.82, 2.24) is 0 Å². The van der Waals surface area contributed by atoms with E-state index in [2.05, 4.69) is 0 Å². The topological polar surface area (TPSA) is 119 Å². The number of carbonyl (C=O) groups is 2. The zero-order chi connectivity index (χ0) is 19.5. The van der Waals surface area contributed by atoms with Gasteiger partial charge in [0.05, 0.1) is 29.3 Å². The highest BCUT2D eigenvalue weighted by molar-refractivity contribution is 5.87. The van der Waals surface area contributed by atoms with Crippen LogP contribution in [-0.2, 0) is 23.8 Å². The molecule has 2 N–H and O–H groups in total. The van der Waals surface area contributed by atoms with Crippen molar-refractivity contribution in [1.29, 1.82) is 0 Å². The largest absolute Gasteiger partial charge is 0.465 e. The summed E-state index contributed by atoms with van der Waals surface area (Å²) >= 11 is 0. The Hall–Kier alpha value is -1.90. The Morgan fingerprint density at radius 3 is 2.79 bits per heavy atom. The molecule has 8 nitrogen and oxygen atoms in total. The van der Waals surface area contributed by atoms with Gasteiger partial charge in [-0.15, -0.1) is 0 Å². The van der Waals surface area contributed by atoms with E-state index in [-0.39, 0.29) is 31.0 Å². The number of epoxide rings is 1. The zero-order valence-corrected chi connectivity index (χ0v) is 15.4. The molecule has 2 spiro atoms. The maximum atomic E-state index is 13.3. The summed E-state index contributed by atoms with van der Waals surface area (Å²) in [6.07, 6.45) is 0.154. The molecule has 2 saturated carbocycles. The number of aliphatic hydroxyl groups is 2. The van der Waals surface area contributed by atoms with Gasteiger partial charge in [-0.3, -0.25) is 4.79 Å². The molecule has 9 atom stereocenters. The van der Waals surface area contributed by atoms with Crippen LogP contribution < -0.4 is 0 Å². The van der Waals surface area contributed by atoms with Crippen LogP contribution in [0.3, 0.4) is 0 Å². The van der Waals surface area contributed by atoms with Gasteiger partial charge in [0.25, 0.3) is 0 Å². The van der Waals surface area contributed by atoms with Crippen LogP contribution in [0.2, 0.25) is 0 Å². The Morgan fingerprint density at radius 1 is 1.21 bits per heavy atom. The number of cyclic esters (lactones) is 2. The number of fused-ring (bicyclic) bond motifs is 3. The summed E-state index contributed by atoms with van der Waals surface area (Å²) in [5, 5.41) is 22.6. The monoisotopic (exact) mass is 390 g/mol. The van der Waals surface area contributed by atoms with Crippen LogP contribution in [0.1, 0.15) is 38.1 Å². The summed E-state index contributed by atoms with van der Waals surface area (Å²) < 4.78 is 22.2. The van der Waals surface area contributed by atoms with E-state index in [1.54, 1.807) is 12.1 Å². The Morgan fingerprint density at radius 2 is 2.04 bits per heavy atom. The first-order valence-electron chi connectivity index (χ1n) is 9.83. The van der Waals surface area contributed by atoms with E-state index in [0.717, 1.165) is 0 Å². The lowest BCUT2D eigenvalue weighted by atomic mass is 9.42. The van der Waals surface area contributed by atoms with E-state index in [0.29, 0.717) is 18.6 Å². The highest BCUT2D eigenvalue weighted by Gasteiger charge is 2.85. The van der Waals surface area contributed by atoms with Gasteiger partial charge in [-0.2, -0.15) is 0 Å². The second-order valence-corrected chi connectivity index (χ2v) is 9.07. The fraction of sp³-hybridized carbons (Fsp3) is 0.700. The average Bonchev–Trinajstić information content (AvgIpc) is 3.01. The Kier molecular flexibility index (Phi) is 3.02. The lowest BCUT2D eigenvalue weighted by Crippen LogP contribution is -2.72. The summed E-state index contributed by atoms with van der Waals surface area (Å²) in [5.74, 6) is -1.24. The van der Waals surface area contributed by atoms with Crippen LogP contribution in [0.5, 0.6) is 0 Å². The molecule has 1 aromatic heterocycles. The summed E-state index contributed by atoms with van der Waals surface area (Å²) in [7, 11) is 0. The predicted molar refractivity (Wildman–Crippen MR) is 89.5 cm³/mol. The van der Waals surface area contributed by atoms with E-state index in [1.807, 2.05) is 6.92 Å². The number of hydrogen-bond acceptors (Lipinski definition) is 8. The van der Waals surface area contributed by atoms with Crippen molar-refractivity contribution in [3.05, 3.63) is 24.2 Å². The molecule has 5 fully saturated rings. The molecular formula is C20H22O8. The molecule has 3 saturated heterocycles. The number of furan rings is 1. The van der Waals surface area contributed by atoms with E-state index < -0.39 is 46.6 Å². The van der Waals surface area contributed by atoms with E-state index >= 15 is 0 Å². The van der Waals surface area contributed by atoms with Gasteiger partial charge < -0.3 is 28.8 Å². The molecule has 9 unspecified atom stereocenters. The lowest BCUT2D eigenvalue weighted by molar-refractivity contribution is -0.226. The van der Waals surface area contributed by atoms with Crippen molar-refractivity contribution in [2.24, 2.45) is 22.7 Å². The minimum Gasteiger partial charge on any atom is -0.465 e. The summed E-state index contributed by atoms with van der Waals surface area (Å²) in [4.78, 5) is 25.9. The van der Waals surface area contributed by atoms with Gasteiger partial charge in [0, 0.05) is 6.42 Å². The Balaban J connectivity index is 1.51. The molecule has 3 aliphatic heterocycles. The van der Waals surface area contributed by atoms with Crippen LogP contribution in [0.25, 0.3) is 0 Å². The molecule has 8 heteroatoms. The lowest BCUT2D eigenvalue weighted by Gasteiger charge is -2.59. The summed E-state index contributed by atoms with van der Waals surface area (Å²) in [5.41, 5.74) is -4.16. The smallest absolute Gasteiger partial charge is 0.341 e. The highest BCUT2D eigenvalue weighted by Crippen LogP contribution is 2.71. The molecule has 28 heavy (non-hydrogen) atoms. The number of carbonyl (C=O) groups excluding carboxylic acids is 2. The number of esters is 2. The van der Waals surface area contributed by atoms with Gasteiger partial charge in [0.1, 0.15) is 18.5 Å². The molecule has 4 heterocycles. The fourth-order valence-electron chi connectivity index (χ4n) is 6.82. The third kappa shape index (κ3) is 1.62. The molecule has 0 aromatic carbocycles. The number of rotatable bonds is 1. The minimum atomic E-state index is -1.93. The van der Waals surface area contributed by atoms with Crippen molar-refractivity contribution in [2.45, 2.75) is 56.2 Å². The SMILES string of the molecule is CC1CC(O)C23COC(=O)C2(O)C2OC2CC3C12CC(c1ccco1)OC2=O. The van der Waals surface area contributed by atoms with Crippen LogP contribution in [0, 0.1) is 22.7 Å². The first kappa shape index (κ1) is 17.0. The molecule has 5 aliphatic rings. The fourth-order valence-corrected chi connectivity index (χ4v) is 6.82. The maximum Gasteiger partial charge on any atom is 0.341 e. The molecule has 150 valence electrons. The van der Waals surface area contributed by atoms with Crippen molar-refractivity contribution in [3.8, 4) is 0 Å². The van der Waals surface area contributed by atoms with E-state index in [1.165, 1.54) is 6.26 Å². The van der Waals surface area contributed by atoms with Crippen molar-refractivity contribution in [3.63, 3.8) is 0 Å². The molecule has 6 rings (SSSR count). The van der Waals surface area contributed by atoms with Gasteiger partial charge in [0.2, 0.25) is 5.60 Å². The molecule has 1 aromatic rings. The minimum absolute atomic E-state index is 0.117. The second kappa shape index (κ2) is 4.98. The van der Waals surface area contributed by atoms with Crippen molar-refractivity contribution in [2.75, 3.05) is 6.61 Å². The quantitative estimate of drug-likeness (QED) is 0.532. The summed E-state index contributed by atoms with van der Waals surface area (Å²) in [6.45, 7) is 1.81. The number of ether oxygens (including phenoxy) is 3. The van der Waals surface area contributed by atoms with Gasteiger partial charge >= 0.3 is 11.9 Å². The Labute approximate surface area is 160 Å². The van der Waals surface area contributed by atoms with Crippen molar-refractivity contribution < 1.29 is 38.4 Å². The normalized spacial score (nSPS) is 54.0. The second-order valence-electron chi connectivity index (χ2n) is 9.07. The standard InChI is InChI=1S/C20H22O8/c1-9-5-14(21)19-8-26-17(23)20(19,24)15-11(27-15)6-13(19)18(9)7-12(28-16(18)22)10-3-2-4-25-10/h2-4,9,11-15,21,24H,5-8H2,1H3. The highest BCUT2D eigenvalue weighted by atomic mass is 16.6. The van der Waals surface area contributed by atoms with E-state index in [4.69, 9.17) is 18.6 Å². The molecule has 0 bridgehead atoms. The Bertz CT molecular complexity index is 866. The zero-order valence-electron chi connectivity index (χ0n) is 15.4. The van der Waals surface area contributed by atoms with Crippen LogP contribution in [0.15, 0.2) is 22.8 Å². The summed E-state index contributed by atoms with van der Waals surface area (Å²) in [6, 6.07) is 3.52. The first-order chi connectivity index (χ1) is 13.4. The van der Waals surface area contributed by atoms with Crippen molar-refractivity contribution >= 4 is 11.9 Å². The van der Waals surface area contributed by atoms with Gasteiger partial charge in [-0.1, -0.05) is 6.92 Å². The average molecular weight is 390 g/mol.